The Balaban J connectivity index is 1.77. The maximum absolute atomic E-state index is 11.6. The van der Waals surface area contributed by atoms with Gasteiger partial charge in [0.25, 0.3) is 5.91 Å². The minimum atomic E-state index is -0.231. The number of hydrazone groups is 1. The third-order valence-electron chi connectivity index (χ3n) is 2.80. The van der Waals surface area contributed by atoms with E-state index in [1.165, 1.54) is 11.8 Å². The van der Waals surface area contributed by atoms with Crippen LogP contribution in [0, 0.1) is 6.92 Å². The second-order valence-corrected chi connectivity index (χ2v) is 4.60. The summed E-state index contributed by atoms with van der Waals surface area (Å²) in [6.45, 7) is 2.16. The highest BCUT2D eigenvalue weighted by Crippen LogP contribution is 2.08. The van der Waals surface area contributed by atoms with E-state index in [4.69, 9.17) is 5.11 Å². The Labute approximate surface area is 123 Å². The van der Waals surface area contributed by atoms with Crippen LogP contribution < -0.4 is 10.7 Å². The third-order valence-corrected chi connectivity index (χ3v) is 2.80. The number of benzene rings is 2. The van der Waals surface area contributed by atoms with Crippen molar-refractivity contribution in [3.63, 3.8) is 0 Å². The van der Waals surface area contributed by atoms with Crippen molar-refractivity contribution in [2.75, 3.05) is 11.9 Å². The summed E-state index contributed by atoms with van der Waals surface area (Å²) < 4.78 is 0. The number of nitrogens with zero attached hydrogens (tertiary/aromatic N) is 1. The molecule has 21 heavy (non-hydrogen) atoms. The van der Waals surface area contributed by atoms with E-state index >= 15 is 0 Å². The summed E-state index contributed by atoms with van der Waals surface area (Å²) in [6.07, 6.45) is 1.52. The molecule has 3 N–H and O–H groups in total. The van der Waals surface area contributed by atoms with E-state index in [-0.39, 0.29) is 18.2 Å². The Bertz CT molecular complexity index is 619. The first kappa shape index (κ1) is 14.6. The van der Waals surface area contributed by atoms with Gasteiger partial charge in [-0.2, -0.15) is 5.10 Å². The van der Waals surface area contributed by atoms with E-state index in [9.17, 15) is 4.79 Å². The zero-order valence-electron chi connectivity index (χ0n) is 11.7. The summed E-state index contributed by atoms with van der Waals surface area (Å²) >= 11 is 0. The molecule has 0 heterocycles. The number of amides is 1. The number of rotatable bonds is 5. The molecule has 2 aromatic carbocycles. The molecule has 2 aromatic rings. The zero-order valence-corrected chi connectivity index (χ0v) is 11.7. The van der Waals surface area contributed by atoms with Crippen LogP contribution in [0.4, 0.5) is 5.69 Å². The lowest BCUT2D eigenvalue weighted by Crippen LogP contribution is -2.25. The lowest BCUT2D eigenvalue weighted by atomic mass is 10.2. The van der Waals surface area contributed by atoms with Gasteiger partial charge in [0.15, 0.2) is 0 Å². The fourth-order valence-electron chi connectivity index (χ4n) is 1.63. The molecule has 2 rings (SSSR count). The summed E-state index contributed by atoms with van der Waals surface area (Å²) in [5, 5.41) is 16.0. The standard InChI is InChI=1S/C16H17N3O2/c1-12-2-6-14(7-3-12)17-11-16(21)19-18-10-13-4-8-15(20)9-5-13/h2-10,17,20H,11H2,1H3,(H,19,21). The van der Waals surface area contributed by atoms with Crippen LogP contribution in [0.3, 0.4) is 0 Å². The number of carbonyl (C=O) groups is 1. The van der Waals surface area contributed by atoms with E-state index < -0.39 is 0 Å². The molecule has 0 radical (unpaired) electrons. The maximum atomic E-state index is 11.6. The maximum Gasteiger partial charge on any atom is 0.259 e. The van der Waals surface area contributed by atoms with Gasteiger partial charge in [0, 0.05) is 5.69 Å². The Morgan fingerprint density at radius 3 is 2.48 bits per heavy atom. The average Bonchev–Trinajstić information content (AvgIpc) is 2.49. The van der Waals surface area contributed by atoms with Crippen molar-refractivity contribution < 1.29 is 9.90 Å². The van der Waals surface area contributed by atoms with Crippen molar-refractivity contribution in [2.45, 2.75) is 6.92 Å². The van der Waals surface area contributed by atoms with Gasteiger partial charge in [-0.3, -0.25) is 4.79 Å². The summed E-state index contributed by atoms with van der Waals surface area (Å²) in [5.41, 5.74) is 5.28. The topological polar surface area (TPSA) is 73.7 Å². The smallest absolute Gasteiger partial charge is 0.259 e. The third kappa shape index (κ3) is 4.99. The van der Waals surface area contributed by atoms with Gasteiger partial charge in [-0.05, 0) is 48.9 Å². The van der Waals surface area contributed by atoms with Gasteiger partial charge in [-0.15, -0.1) is 0 Å². The largest absolute Gasteiger partial charge is 0.508 e. The first-order valence-corrected chi connectivity index (χ1v) is 6.55. The molecular weight excluding hydrogens is 266 g/mol. The minimum Gasteiger partial charge on any atom is -0.508 e. The Kier molecular flexibility index (Phi) is 4.93. The molecule has 108 valence electrons. The molecule has 0 aliphatic rings. The van der Waals surface area contributed by atoms with Gasteiger partial charge in [0.2, 0.25) is 0 Å². The number of phenolic OH excluding ortho intramolecular Hbond substituents is 1. The van der Waals surface area contributed by atoms with Crippen molar-refractivity contribution in [2.24, 2.45) is 5.10 Å². The summed E-state index contributed by atoms with van der Waals surface area (Å²) in [4.78, 5) is 11.6. The first-order chi connectivity index (χ1) is 10.1. The van der Waals surface area contributed by atoms with Crippen molar-refractivity contribution in [3.8, 4) is 5.75 Å². The van der Waals surface area contributed by atoms with Crippen LogP contribution in [0.25, 0.3) is 0 Å². The van der Waals surface area contributed by atoms with Crippen LogP contribution in [-0.2, 0) is 4.79 Å². The van der Waals surface area contributed by atoms with Crippen LogP contribution in [0.2, 0.25) is 0 Å². The van der Waals surface area contributed by atoms with Crippen LogP contribution in [0.1, 0.15) is 11.1 Å². The fourth-order valence-corrected chi connectivity index (χ4v) is 1.63. The van der Waals surface area contributed by atoms with Crippen molar-refractivity contribution in [1.29, 1.82) is 0 Å². The molecule has 5 heteroatoms. The number of carbonyl (C=O) groups excluding carboxylic acids is 1. The van der Waals surface area contributed by atoms with Gasteiger partial charge in [-0.25, -0.2) is 5.43 Å². The van der Waals surface area contributed by atoms with Gasteiger partial charge < -0.3 is 10.4 Å². The number of hydrogen-bond acceptors (Lipinski definition) is 4. The number of aromatic hydroxyl groups is 1. The molecule has 1 amide bonds. The van der Waals surface area contributed by atoms with E-state index in [0.29, 0.717) is 0 Å². The first-order valence-electron chi connectivity index (χ1n) is 6.55. The quantitative estimate of drug-likeness (QED) is 0.582. The molecule has 0 unspecified atom stereocenters. The van der Waals surface area contributed by atoms with Crippen molar-refractivity contribution in [1.82, 2.24) is 5.43 Å². The molecule has 0 aliphatic heterocycles. The molecule has 5 nitrogen and oxygen atoms in total. The van der Waals surface area contributed by atoms with Gasteiger partial charge in [0.05, 0.1) is 12.8 Å². The molecule has 0 saturated heterocycles. The van der Waals surface area contributed by atoms with Gasteiger partial charge >= 0.3 is 0 Å². The molecule has 0 bridgehead atoms. The van der Waals surface area contributed by atoms with Crippen molar-refractivity contribution in [3.05, 3.63) is 59.7 Å². The molecule has 0 atom stereocenters. The Morgan fingerprint density at radius 1 is 1.14 bits per heavy atom. The highest BCUT2D eigenvalue weighted by atomic mass is 16.3. The van der Waals surface area contributed by atoms with Crippen LogP contribution in [-0.4, -0.2) is 23.8 Å². The Hall–Kier alpha value is -2.82. The van der Waals surface area contributed by atoms with Crippen molar-refractivity contribution >= 4 is 17.8 Å². The van der Waals surface area contributed by atoms with Gasteiger partial charge in [-0.1, -0.05) is 17.7 Å². The second-order valence-electron chi connectivity index (χ2n) is 4.60. The molecule has 0 fully saturated rings. The number of anilines is 1. The fraction of sp³-hybridized carbons (Fsp3) is 0.125. The van der Waals surface area contributed by atoms with Crippen LogP contribution >= 0.6 is 0 Å². The molecule has 0 aliphatic carbocycles. The molecule has 0 aromatic heterocycles. The lowest BCUT2D eigenvalue weighted by molar-refractivity contribution is -0.119. The monoisotopic (exact) mass is 283 g/mol. The van der Waals surface area contributed by atoms with E-state index in [2.05, 4.69) is 15.8 Å². The van der Waals surface area contributed by atoms with Gasteiger partial charge in [0.1, 0.15) is 5.75 Å². The van der Waals surface area contributed by atoms with E-state index in [0.717, 1.165) is 11.3 Å². The van der Waals surface area contributed by atoms with Crippen LogP contribution in [0.5, 0.6) is 5.75 Å². The summed E-state index contributed by atoms with van der Waals surface area (Å²) in [7, 11) is 0. The molecular formula is C16H17N3O2. The van der Waals surface area contributed by atoms with E-state index in [1.807, 2.05) is 31.2 Å². The number of nitrogens with one attached hydrogen (secondary N) is 2. The lowest BCUT2D eigenvalue weighted by Gasteiger charge is -2.05. The number of phenols is 1. The zero-order chi connectivity index (χ0) is 15.1. The normalized spacial score (nSPS) is 10.5. The minimum absolute atomic E-state index is 0.149. The van der Waals surface area contributed by atoms with E-state index in [1.54, 1.807) is 24.3 Å². The molecule has 0 spiro atoms. The highest BCUT2D eigenvalue weighted by molar-refractivity contribution is 5.84. The highest BCUT2D eigenvalue weighted by Gasteiger charge is 1.99. The summed E-state index contributed by atoms with van der Waals surface area (Å²) in [5.74, 6) is -0.0379. The average molecular weight is 283 g/mol. The predicted octanol–water partition coefficient (Wildman–Crippen LogP) is 2.26. The van der Waals surface area contributed by atoms with Crippen LogP contribution in [0.15, 0.2) is 53.6 Å². The molecule has 0 saturated carbocycles. The Morgan fingerprint density at radius 2 is 1.81 bits per heavy atom. The second kappa shape index (κ2) is 7.09. The number of hydrogen-bond donors (Lipinski definition) is 3. The SMILES string of the molecule is Cc1ccc(NCC(=O)NN=Cc2ccc(O)cc2)cc1. The predicted molar refractivity (Wildman–Crippen MR) is 83.5 cm³/mol. The number of aryl methyl sites for hydroxylation is 1. The summed E-state index contributed by atoms with van der Waals surface area (Å²) in [6, 6.07) is 14.3.